The van der Waals surface area contributed by atoms with Crippen LogP contribution in [0.25, 0.3) is 0 Å². The summed E-state index contributed by atoms with van der Waals surface area (Å²) < 4.78 is 26.9. The fourth-order valence-corrected chi connectivity index (χ4v) is 4.49. The minimum Gasteiger partial charge on any atom is -0.332 e. The third-order valence-corrected chi connectivity index (χ3v) is 6.00. The fourth-order valence-electron chi connectivity index (χ4n) is 2.38. The van der Waals surface area contributed by atoms with E-state index in [4.69, 9.17) is 0 Å². The van der Waals surface area contributed by atoms with E-state index in [9.17, 15) is 8.42 Å². The van der Waals surface area contributed by atoms with Gasteiger partial charge in [-0.05, 0) is 25.7 Å². The van der Waals surface area contributed by atoms with Crippen LogP contribution in [0.5, 0.6) is 0 Å². The molecule has 2 heterocycles. The molecule has 21 heavy (non-hydrogen) atoms. The molecule has 0 aromatic carbocycles. The van der Waals surface area contributed by atoms with Crippen molar-refractivity contribution >= 4 is 21.4 Å². The van der Waals surface area contributed by atoms with E-state index in [2.05, 4.69) is 19.7 Å². The Hall–Kier alpha value is -1.25. The lowest BCUT2D eigenvalue weighted by molar-refractivity contribution is 0.577. The highest BCUT2D eigenvalue weighted by atomic mass is 32.2. The molecule has 8 heteroatoms. The number of sulfonamides is 1. The SMILES string of the molecule is CCc1ncc(S(=O)(=O)NCc2nc3c(s2)CCCC3)[nH]1. The first-order valence-corrected chi connectivity index (χ1v) is 9.39. The second kappa shape index (κ2) is 5.86. The lowest BCUT2D eigenvalue weighted by atomic mass is 10.0. The van der Waals surface area contributed by atoms with E-state index in [1.807, 2.05) is 6.92 Å². The summed E-state index contributed by atoms with van der Waals surface area (Å²) in [5.74, 6) is 0.667. The van der Waals surface area contributed by atoms with E-state index in [1.165, 1.54) is 23.9 Å². The summed E-state index contributed by atoms with van der Waals surface area (Å²) in [4.78, 5) is 12.7. The molecule has 0 amide bonds. The van der Waals surface area contributed by atoms with Crippen molar-refractivity contribution in [3.05, 3.63) is 27.6 Å². The summed E-state index contributed by atoms with van der Waals surface area (Å²) in [6.45, 7) is 2.16. The minimum atomic E-state index is -3.55. The molecule has 0 atom stereocenters. The van der Waals surface area contributed by atoms with Crippen LogP contribution >= 0.6 is 11.3 Å². The average molecular weight is 326 g/mol. The van der Waals surface area contributed by atoms with Crippen LogP contribution in [-0.4, -0.2) is 23.4 Å². The van der Waals surface area contributed by atoms with Crippen LogP contribution in [0.3, 0.4) is 0 Å². The van der Waals surface area contributed by atoms with Crippen molar-refractivity contribution in [3.8, 4) is 0 Å². The molecule has 0 radical (unpaired) electrons. The van der Waals surface area contributed by atoms with Gasteiger partial charge in [-0.25, -0.2) is 23.1 Å². The molecule has 0 spiro atoms. The molecule has 0 aliphatic heterocycles. The minimum absolute atomic E-state index is 0.112. The van der Waals surface area contributed by atoms with E-state index in [-0.39, 0.29) is 11.6 Å². The summed E-state index contributed by atoms with van der Waals surface area (Å²) in [7, 11) is -3.55. The predicted molar refractivity (Wildman–Crippen MR) is 80.7 cm³/mol. The maximum Gasteiger partial charge on any atom is 0.258 e. The number of aryl methyl sites for hydroxylation is 3. The number of thiazole rings is 1. The summed E-state index contributed by atoms with van der Waals surface area (Å²) in [6.07, 6.45) is 6.49. The summed E-state index contributed by atoms with van der Waals surface area (Å²) in [5.41, 5.74) is 1.15. The van der Waals surface area contributed by atoms with Crippen molar-refractivity contribution in [2.75, 3.05) is 0 Å². The predicted octanol–water partition coefficient (Wildman–Crippen LogP) is 1.79. The molecule has 1 aliphatic rings. The van der Waals surface area contributed by atoms with Gasteiger partial charge in [0.1, 0.15) is 10.8 Å². The summed E-state index contributed by atoms with van der Waals surface area (Å²) in [5, 5.41) is 0.946. The standard InChI is InChI=1S/C13H18N4O2S2/c1-2-11-14-8-13(17-11)21(18,19)15-7-12-16-9-5-3-4-6-10(9)20-12/h8,15H,2-7H2,1H3,(H,14,17). The monoisotopic (exact) mass is 326 g/mol. The van der Waals surface area contributed by atoms with Crippen LogP contribution in [0.2, 0.25) is 0 Å². The Labute approximate surface area is 128 Å². The van der Waals surface area contributed by atoms with Gasteiger partial charge < -0.3 is 4.98 Å². The van der Waals surface area contributed by atoms with E-state index in [0.717, 1.165) is 23.5 Å². The Morgan fingerprint density at radius 2 is 2.19 bits per heavy atom. The zero-order valence-electron chi connectivity index (χ0n) is 11.8. The van der Waals surface area contributed by atoms with Crippen molar-refractivity contribution in [3.63, 3.8) is 0 Å². The molecule has 2 aromatic rings. The average Bonchev–Trinajstić information content (AvgIpc) is 3.11. The molecular weight excluding hydrogens is 308 g/mol. The fraction of sp³-hybridized carbons (Fsp3) is 0.538. The van der Waals surface area contributed by atoms with Gasteiger partial charge in [0, 0.05) is 11.3 Å². The molecule has 2 N–H and O–H groups in total. The van der Waals surface area contributed by atoms with Gasteiger partial charge in [0.25, 0.3) is 10.0 Å². The highest BCUT2D eigenvalue weighted by Gasteiger charge is 2.19. The molecule has 6 nitrogen and oxygen atoms in total. The van der Waals surface area contributed by atoms with Crippen LogP contribution in [0.1, 0.15) is 41.2 Å². The number of nitrogens with one attached hydrogen (secondary N) is 2. The summed E-state index contributed by atoms with van der Waals surface area (Å²) >= 11 is 1.62. The molecule has 0 fully saturated rings. The molecule has 3 rings (SSSR count). The highest BCUT2D eigenvalue weighted by molar-refractivity contribution is 7.89. The molecule has 0 saturated heterocycles. The molecule has 0 unspecified atom stereocenters. The molecular formula is C13H18N4O2S2. The van der Waals surface area contributed by atoms with Gasteiger partial charge in [0.2, 0.25) is 0 Å². The van der Waals surface area contributed by atoms with Gasteiger partial charge in [-0.2, -0.15) is 0 Å². The van der Waals surface area contributed by atoms with Crippen molar-refractivity contribution < 1.29 is 8.42 Å². The van der Waals surface area contributed by atoms with Crippen molar-refractivity contribution in [2.24, 2.45) is 0 Å². The van der Waals surface area contributed by atoms with Crippen molar-refractivity contribution in [1.29, 1.82) is 0 Å². The van der Waals surface area contributed by atoms with Crippen LogP contribution in [0.15, 0.2) is 11.2 Å². The highest BCUT2D eigenvalue weighted by Crippen LogP contribution is 2.26. The second-order valence-electron chi connectivity index (χ2n) is 5.06. The van der Waals surface area contributed by atoms with Crippen LogP contribution in [-0.2, 0) is 35.8 Å². The Kier molecular flexibility index (Phi) is 4.10. The van der Waals surface area contributed by atoms with Crippen molar-refractivity contribution in [2.45, 2.75) is 50.6 Å². The Morgan fingerprint density at radius 1 is 1.38 bits per heavy atom. The van der Waals surface area contributed by atoms with E-state index < -0.39 is 10.0 Å². The molecule has 114 valence electrons. The number of rotatable bonds is 5. The molecule has 0 bridgehead atoms. The quantitative estimate of drug-likeness (QED) is 0.877. The summed E-state index contributed by atoms with van der Waals surface area (Å²) in [6, 6.07) is 0. The number of nitrogens with zero attached hydrogens (tertiary/aromatic N) is 2. The zero-order chi connectivity index (χ0) is 14.9. The van der Waals surface area contributed by atoms with E-state index in [0.29, 0.717) is 12.2 Å². The number of imidazole rings is 1. The van der Waals surface area contributed by atoms with Gasteiger partial charge in [-0.15, -0.1) is 11.3 Å². The Bertz CT molecular complexity index is 710. The third-order valence-electron chi connectivity index (χ3n) is 3.53. The number of hydrogen-bond acceptors (Lipinski definition) is 5. The normalized spacial score (nSPS) is 15.1. The third kappa shape index (κ3) is 3.17. The topological polar surface area (TPSA) is 87.7 Å². The zero-order valence-corrected chi connectivity index (χ0v) is 13.5. The Morgan fingerprint density at radius 3 is 2.90 bits per heavy atom. The number of aromatic nitrogens is 3. The van der Waals surface area contributed by atoms with Crippen molar-refractivity contribution in [1.82, 2.24) is 19.7 Å². The van der Waals surface area contributed by atoms with E-state index >= 15 is 0 Å². The molecule has 1 aliphatic carbocycles. The lowest BCUT2D eigenvalue weighted by Crippen LogP contribution is -2.23. The van der Waals surface area contributed by atoms with Gasteiger partial charge in [-0.1, -0.05) is 6.92 Å². The second-order valence-corrected chi connectivity index (χ2v) is 7.96. The molecule has 0 saturated carbocycles. The van der Waals surface area contributed by atoms with Crippen LogP contribution < -0.4 is 4.72 Å². The lowest BCUT2D eigenvalue weighted by Gasteiger charge is -2.06. The van der Waals surface area contributed by atoms with E-state index in [1.54, 1.807) is 11.3 Å². The van der Waals surface area contributed by atoms with Gasteiger partial charge in [0.15, 0.2) is 5.03 Å². The Balaban J connectivity index is 1.70. The first-order chi connectivity index (χ1) is 10.1. The first-order valence-electron chi connectivity index (χ1n) is 7.09. The van der Waals surface area contributed by atoms with Gasteiger partial charge in [-0.3, -0.25) is 0 Å². The van der Waals surface area contributed by atoms with Crippen LogP contribution in [0.4, 0.5) is 0 Å². The van der Waals surface area contributed by atoms with Gasteiger partial charge >= 0.3 is 0 Å². The van der Waals surface area contributed by atoms with Crippen LogP contribution in [0, 0.1) is 0 Å². The maximum atomic E-state index is 12.2. The maximum absolute atomic E-state index is 12.2. The first kappa shape index (κ1) is 14.7. The molecule has 2 aromatic heterocycles. The number of fused-ring (bicyclic) bond motifs is 1. The number of aromatic amines is 1. The smallest absolute Gasteiger partial charge is 0.258 e. The largest absolute Gasteiger partial charge is 0.332 e. The number of hydrogen-bond donors (Lipinski definition) is 2. The number of H-pyrrole nitrogens is 1. The van der Waals surface area contributed by atoms with Gasteiger partial charge in [0.05, 0.1) is 18.4 Å².